The van der Waals surface area contributed by atoms with Crippen LogP contribution in [-0.2, 0) is 22.6 Å². The van der Waals surface area contributed by atoms with Crippen molar-refractivity contribution in [2.75, 3.05) is 13.7 Å². The third-order valence-electron chi connectivity index (χ3n) is 4.66. The Labute approximate surface area is 178 Å². The zero-order valence-electron chi connectivity index (χ0n) is 17.5. The Balaban J connectivity index is 2.03. The molecule has 0 bridgehead atoms. The van der Waals surface area contributed by atoms with Gasteiger partial charge in [-0.15, -0.1) is 0 Å². The molecule has 0 aliphatic carbocycles. The first-order chi connectivity index (χ1) is 14.7. The lowest BCUT2D eigenvalue weighted by Crippen LogP contribution is -2.19. The summed E-state index contributed by atoms with van der Waals surface area (Å²) in [4.78, 5) is 15.0. The molecule has 0 radical (unpaired) electrons. The Hall–Kier alpha value is -3.53. The lowest BCUT2D eigenvalue weighted by molar-refractivity contribution is -0.136. The van der Waals surface area contributed by atoms with Crippen molar-refractivity contribution in [3.8, 4) is 5.75 Å². The third-order valence-corrected chi connectivity index (χ3v) is 4.66. The topological polar surface area (TPSA) is 38.8 Å². The van der Waals surface area contributed by atoms with Crippen molar-refractivity contribution in [3.63, 3.8) is 0 Å². The molecule has 0 fully saturated rings. The van der Waals surface area contributed by atoms with Crippen LogP contribution in [0, 0.1) is 0 Å². The summed E-state index contributed by atoms with van der Waals surface area (Å²) < 4.78 is 10.9. The molecule has 0 unspecified atom stereocenters. The number of methoxy groups -OCH3 is 1. The summed E-state index contributed by atoms with van der Waals surface area (Å²) in [6, 6.07) is 27.9. The molecule has 0 saturated heterocycles. The van der Waals surface area contributed by atoms with E-state index in [1.807, 2.05) is 73.8 Å². The van der Waals surface area contributed by atoms with Gasteiger partial charge in [-0.3, -0.25) is 0 Å². The Kier molecular flexibility index (Phi) is 7.67. The average Bonchev–Trinajstić information content (AvgIpc) is 2.79. The first-order valence-electron chi connectivity index (χ1n) is 10.1. The monoisotopic (exact) mass is 401 g/mol. The van der Waals surface area contributed by atoms with Gasteiger partial charge in [0.25, 0.3) is 0 Å². The SMILES string of the molecule is CCOC(=O)/C(=C/N(Cc1ccccc1)Cc1ccccc1)c1ccccc1OC. The summed E-state index contributed by atoms with van der Waals surface area (Å²) in [6.07, 6.45) is 1.88. The van der Waals surface area contributed by atoms with Crippen molar-refractivity contribution >= 4 is 11.5 Å². The van der Waals surface area contributed by atoms with E-state index >= 15 is 0 Å². The minimum absolute atomic E-state index is 0.308. The highest BCUT2D eigenvalue weighted by Gasteiger charge is 2.19. The molecule has 0 amide bonds. The van der Waals surface area contributed by atoms with Crippen LogP contribution in [0.4, 0.5) is 0 Å². The Morgan fingerprint density at radius 1 is 0.833 bits per heavy atom. The summed E-state index contributed by atoms with van der Waals surface area (Å²) in [5.41, 5.74) is 3.51. The van der Waals surface area contributed by atoms with Gasteiger partial charge in [0.05, 0.1) is 19.3 Å². The van der Waals surface area contributed by atoms with Crippen LogP contribution < -0.4 is 4.74 Å². The first-order valence-corrected chi connectivity index (χ1v) is 10.1. The van der Waals surface area contributed by atoms with Crippen molar-refractivity contribution in [2.45, 2.75) is 20.0 Å². The smallest absolute Gasteiger partial charge is 0.340 e. The van der Waals surface area contributed by atoms with Crippen LogP contribution in [-0.4, -0.2) is 24.6 Å². The fourth-order valence-electron chi connectivity index (χ4n) is 3.27. The molecule has 0 aliphatic rings. The van der Waals surface area contributed by atoms with Gasteiger partial charge in [-0.2, -0.15) is 0 Å². The fourth-order valence-corrected chi connectivity index (χ4v) is 3.27. The van der Waals surface area contributed by atoms with Crippen molar-refractivity contribution < 1.29 is 14.3 Å². The van der Waals surface area contributed by atoms with E-state index in [1.165, 1.54) is 0 Å². The van der Waals surface area contributed by atoms with Crippen molar-refractivity contribution in [1.29, 1.82) is 0 Å². The van der Waals surface area contributed by atoms with Gasteiger partial charge in [0.15, 0.2) is 0 Å². The molecule has 3 aromatic rings. The van der Waals surface area contributed by atoms with Crippen LogP contribution in [0.5, 0.6) is 5.75 Å². The highest BCUT2D eigenvalue weighted by molar-refractivity contribution is 6.17. The largest absolute Gasteiger partial charge is 0.496 e. The normalized spacial score (nSPS) is 11.1. The van der Waals surface area contributed by atoms with Crippen LogP contribution in [0.3, 0.4) is 0 Å². The van der Waals surface area contributed by atoms with E-state index in [-0.39, 0.29) is 5.97 Å². The predicted octanol–water partition coefficient (Wildman–Crippen LogP) is 5.30. The molecule has 154 valence electrons. The van der Waals surface area contributed by atoms with Crippen LogP contribution in [0.15, 0.2) is 91.1 Å². The van der Waals surface area contributed by atoms with E-state index in [4.69, 9.17) is 9.47 Å². The maximum atomic E-state index is 12.9. The second-order valence-electron chi connectivity index (χ2n) is 6.84. The number of ether oxygens (including phenoxy) is 2. The summed E-state index contributed by atoms with van der Waals surface area (Å²) in [7, 11) is 1.60. The lowest BCUT2D eigenvalue weighted by Gasteiger charge is -2.23. The molecule has 0 atom stereocenters. The van der Waals surface area contributed by atoms with Crippen LogP contribution in [0.1, 0.15) is 23.6 Å². The van der Waals surface area contributed by atoms with Gasteiger partial charge in [-0.1, -0.05) is 78.9 Å². The van der Waals surface area contributed by atoms with E-state index in [2.05, 4.69) is 29.2 Å². The Morgan fingerprint density at radius 3 is 1.90 bits per heavy atom. The standard InChI is InChI=1S/C26H27NO3/c1-3-30-26(28)24(23-16-10-11-17-25(23)29-2)20-27(18-21-12-6-4-7-13-21)19-22-14-8-5-9-15-22/h4-17,20H,3,18-19H2,1-2H3/b24-20+. The number of carbonyl (C=O) groups is 1. The number of esters is 1. The van der Waals surface area contributed by atoms with Crippen LogP contribution in [0.25, 0.3) is 5.57 Å². The minimum atomic E-state index is -0.367. The number of rotatable bonds is 9. The molecule has 0 saturated carbocycles. The van der Waals surface area contributed by atoms with Crippen LogP contribution in [0.2, 0.25) is 0 Å². The fraction of sp³-hybridized carbons (Fsp3) is 0.192. The Bertz CT molecular complexity index is 926. The number of benzene rings is 3. The van der Waals surface area contributed by atoms with Crippen molar-refractivity contribution in [1.82, 2.24) is 4.90 Å². The van der Waals surface area contributed by atoms with Gasteiger partial charge in [0.2, 0.25) is 0 Å². The van der Waals surface area contributed by atoms with Gasteiger partial charge in [0.1, 0.15) is 5.75 Å². The van der Waals surface area contributed by atoms with E-state index in [9.17, 15) is 4.79 Å². The second-order valence-corrected chi connectivity index (χ2v) is 6.84. The van der Waals surface area contributed by atoms with Crippen molar-refractivity contribution in [2.24, 2.45) is 0 Å². The molecule has 4 nitrogen and oxygen atoms in total. The van der Waals surface area contributed by atoms with Crippen LogP contribution >= 0.6 is 0 Å². The van der Waals surface area contributed by atoms with E-state index < -0.39 is 0 Å². The van der Waals surface area contributed by atoms with E-state index in [0.29, 0.717) is 36.6 Å². The molecule has 0 N–H and O–H groups in total. The maximum Gasteiger partial charge on any atom is 0.340 e. The summed E-state index contributed by atoms with van der Waals surface area (Å²) in [6.45, 7) is 3.44. The summed E-state index contributed by atoms with van der Waals surface area (Å²) in [5.74, 6) is 0.268. The zero-order chi connectivity index (χ0) is 21.2. The molecule has 0 aromatic heterocycles. The highest BCUT2D eigenvalue weighted by atomic mass is 16.5. The number of hydrogen-bond acceptors (Lipinski definition) is 4. The molecular weight excluding hydrogens is 374 g/mol. The molecule has 30 heavy (non-hydrogen) atoms. The van der Waals surface area contributed by atoms with Crippen molar-refractivity contribution in [3.05, 3.63) is 108 Å². The van der Waals surface area contributed by atoms with Gasteiger partial charge >= 0.3 is 5.97 Å². The average molecular weight is 402 g/mol. The lowest BCUT2D eigenvalue weighted by atomic mass is 10.0. The quantitative estimate of drug-likeness (QED) is 0.360. The Morgan fingerprint density at radius 2 is 1.37 bits per heavy atom. The molecular formula is C26H27NO3. The molecule has 0 spiro atoms. The van der Waals surface area contributed by atoms with Gasteiger partial charge in [-0.05, 0) is 24.1 Å². The summed E-state index contributed by atoms with van der Waals surface area (Å²) in [5, 5.41) is 0. The highest BCUT2D eigenvalue weighted by Crippen LogP contribution is 2.28. The minimum Gasteiger partial charge on any atom is -0.496 e. The number of nitrogens with zero attached hydrogens (tertiary/aromatic N) is 1. The number of para-hydroxylation sites is 1. The molecule has 3 aromatic carbocycles. The third kappa shape index (κ3) is 5.74. The first kappa shape index (κ1) is 21.2. The van der Waals surface area contributed by atoms with E-state index in [1.54, 1.807) is 7.11 Å². The molecule has 3 rings (SSSR count). The second kappa shape index (κ2) is 10.9. The zero-order valence-corrected chi connectivity index (χ0v) is 17.5. The number of carbonyl (C=O) groups excluding carboxylic acids is 1. The summed E-state index contributed by atoms with van der Waals surface area (Å²) >= 11 is 0. The maximum absolute atomic E-state index is 12.9. The van der Waals surface area contributed by atoms with Gasteiger partial charge in [0, 0.05) is 24.9 Å². The van der Waals surface area contributed by atoms with Gasteiger partial charge < -0.3 is 14.4 Å². The molecule has 4 heteroatoms. The molecule has 0 heterocycles. The van der Waals surface area contributed by atoms with Gasteiger partial charge in [-0.25, -0.2) is 4.79 Å². The predicted molar refractivity (Wildman–Crippen MR) is 120 cm³/mol. The number of hydrogen-bond donors (Lipinski definition) is 0. The molecule has 0 aliphatic heterocycles. The van der Waals surface area contributed by atoms with E-state index in [0.717, 1.165) is 11.1 Å².